The van der Waals surface area contributed by atoms with Crippen molar-refractivity contribution in [3.63, 3.8) is 0 Å². The maximum atomic E-state index is 13.3. The van der Waals surface area contributed by atoms with Gasteiger partial charge in [-0.25, -0.2) is 0 Å². The summed E-state index contributed by atoms with van der Waals surface area (Å²) in [4.78, 5) is 23.4. The number of hydrogen-bond acceptors (Lipinski definition) is 5. The Morgan fingerprint density at radius 3 is 2.39 bits per heavy atom. The molecule has 2 aromatic carbocycles. The van der Waals surface area contributed by atoms with Gasteiger partial charge in [0.1, 0.15) is 11.5 Å². The van der Waals surface area contributed by atoms with E-state index < -0.39 is 22.7 Å². The predicted molar refractivity (Wildman–Crippen MR) is 129 cm³/mol. The van der Waals surface area contributed by atoms with Crippen LogP contribution in [0.4, 0.5) is 24.5 Å². The second-order valence-electron chi connectivity index (χ2n) is 8.74. The van der Waals surface area contributed by atoms with E-state index in [1.165, 1.54) is 22.9 Å². The monoisotopic (exact) mass is 566 g/mol. The molecule has 0 saturated heterocycles. The molecular formula is C24H22BrF3N4O4. The van der Waals surface area contributed by atoms with Gasteiger partial charge in [0.15, 0.2) is 5.69 Å². The number of ether oxygens (including phenoxy) is 1. The van der Waals surface area contributed by atoms with Crippen LogP contribution in [0.15, 0.2) is 40.9 Å². The summed E-state index contributed by atoms with van der Waals surface area (Å²) in [5.41, 5.74) is 1.16. The summed E-state index contributed by atoms with van der Waals surface area (Å²) in [6.07, 6.45) is -3.29. The zero-order chi connectivity index (χ0) is 26.2. The first kappa shape index (κ1) is 25.7. The number of amides is 1. The zero-order valence-corrected chi connectivity index (χ0v) is 20.9. The van der Waals surface area contributed by atoms with Crippen LogP contribution in [-0.4, -0.2) is 20.6 Å². The number of halogens is 4. The molecule has 0 bridgehead atoms. The summed E-state index contributed by atoms with van der Waals surface area (Å²) < 4.78 is 46.8. The molecule has 0 spiro atoms. The lowest BCUT2D eigenvalue weighted by molar-refractivity contribution is -0.384. The lowest BCUT2D eigenvalue weighted by Gasteiger charge is -2.11. The number of carbonyl (C=O) groups excluding carboxylic acids is 1. The first-order valence-electron chi connectivity index (χ1n) is 11.1. The first-order valence-corrected chi connectivity index (χ1v) is 11.9. The molecule has 0 radical (unpaired) electrons. The quantitative estimate of drug-likeness (QED) is 0.236. The van der Waals surface area contributed by atoms with Crippen LogP contribution in [0, 0.1) is 24.0 Å². The van der Waals surface area contributed by atoms with Crippen molar-refractivity contribution in [2.75, 3.05) is 5.32 Å². The van der Waals surface area contributed by atoms with Crippen molar-refractivity contribution in [3.8, 4) is 11.5 Å². The van der Waals surface area contributed by atoms with E-state index in [9.17, 15) is 28.1 Å². The van der Waals surface area contributed by atoms with Gasteiger partial charge < -0.3 is 10.1 Å². The summed E-state index contributed by atoms with van der Waals surface area (Å²) in [7, 11) is 0. The highest BCUT2D eigenvalue weighted by molar-refractivity contribution is 9.10. The Labute approximate surface area is 212 Å². The molecule has 0 unspecified atom stereocenters. The van der Waals surface area contributed by atoms with Gasteiger partial charge in [0.25, 0.3) is 5.69 Å². The molecule has 1 fully saturated rings. The number of non-ortho nitro benzene ring substituents is 1. The van der Waals surface area contributed by atoms with Gasteiger partial charge in [-0.15, -0.1) is 0 Å². The lowest BCUT2D eigenvalue weighted by Crippen LogP contribution is -2.16. The van der Waals surface area contributed by atoms with E-state index in [4.69, 9.17) is 4.74 Å². The van der Waals surface area contributed by atoms with E-state index >= 15 is 0 Å². The smallest absolute Gasteiger partial charge is 0.436 e. The SMILES string of the molecule is Cc1cc(C)cc(Oc2cc(NC(=O)CCn3nc(C(F)(F)F)c(Br)c3C3CC3)cc([N+](=O)[O-])c2)c1. The number of aromatic nitrogens is 2. The fraction of sp³-hybridized carbons (Fsp3) is 0.333. The summed E-state index contributed by atoms with van der Waals surface area (Å²) in [6, 6.07) is 9.39. The second kappa shape index (κ2) is 9.92. The summed E-state index contributed by atoms with van der Waals surface area (Å²) in [5, 5.41) is 17.7. The summed E-state index contributed by atoms with van der Waals surface area (Å²) in [5.74, 6) is 0.0801. The number of rotatable bonds is 8. The molecule has 12 heteroatoms. The average Bonchev–Trinajstić information content (AvgIpc) is 3.53. The van der Waals surface area contributed by atoms with E-state index in [-0.39, 0.29) is 40.5 Å². The Morgan fingerprint density at radius 2 is 1.81 bits per heavy atom. The second-order valence-corrected chi connectivity index (χ2v) is 9.53. The van der Waals surface area contributed by atoms with Gasteiger partial charge in [-0.05, 0) is 65.9 Å². The minimum Gasteiger partial charge on any atom is -0.457 e. The van der Waals surface area contributed by atoms with Crippen LogP contribution in [0.25, 0.3) is 0 Å². The van der Waals surface area contributed by atoms with E-state index in [1.807, 2.05) is 19.9 Å². The number of nitrogens with one attached hydrogen (secondary N) is 1. The lowest BCUT2D eigenvalue weighted by atomic mass is 10.1. The van der Waals surface area contributed by atoms with Gasteiger partial charge in [0.05, 0.1) is 33.4 Å². The van der Waals surface area contributed by atoms with E-state index in [2.05, 4.69) is 26.3 Å². The van der Waals surface area contributed by atoms with Crippen LogP contribution in [0.5, 0.6) is 11.5 Å². The van der Waals surface area contributed by atoms with Crippen molar-refractivity contribution in [3.05, 3.63) is 73.5 Å². The van der Waals surface area contributed by atoms with Gasteiger partial charge in [0.2, 0.25) is 5.91 Å². The summed E-state index contributed by atoms with van der Waals surface area (Å²) in [6.45, 7) is 3.71. The molecule has 1 heterocycles. The Morgan fingerprint density at radius 1 is 1.17 bits per heavy atom. The summed E-state index contributed by atoms with van der Waals surface area (Å²) >= 11 is 3.02. The molecule has 4 rings (SSSR count). The number of nitro benzene ring substituents is 1. The molecule has 1 aliphatic carbocycles. The van der Waals surface area contributed by atoms with Gasteiger partial charge in [-0.1, -0.05) is 6.07 Å². The van der Waals surface area contributed by atoms with Gasteiger partial charge in [-0.3, -0.25) is 19.6 Å². The molecule has 0 atom stereocenters. The molecule has 1 N–H and O–H groups in total. The molecule has 1 aliphatic rings. The maximum absolute atomic E-state index is 13.3. The molecule has 1 saturated carbocycles. The Hall–Kier alpha value is -3.41. The average molecular weight is 567 g/mol. The number of aryl methyl sites for hydroxylation is 3. The van der Waals surface area contributed by atoms with Crippen LogP contribution >= 0.6 is 15.9 Å². The fourth-order valence-electron chi connectivity index (χ4n) is 3.93. The number of carbonyl (C=O) groups is 1. The zero-order valence-electron chi connectivity index (χ0n) is 19.4. The predicted octanol–water partition coefficient (Wildman–Crippen LogP) is 6.89. The molecule has 8 nitrogen and oxygen atoms in total. The number of hydrogen-bond donors (Lipinski definition) is 1. The van der Waals surface area contributed by atoms with Crippen molar-refractivity contribution in [2.45, 2.75) is 51.7 Å². The molecule has 0 aliphatic heterocycles. The first-order chi connectivity index (χ1) is 16.9. The number of anilines is 1. The van der Waals surface area contributed by atoms with E-state index in [0.29, 0.717) is 11.4 Å². The molecular weight excluding hydrogens is 545 g/mol. The highest BCUT2D eigenvalue weighted by Crippen LogP contribution is 2.47. The minimum atomic E-state index is -4.62. The third-order valence-electron chi connectivity index (χ3n) is 5.53. The van der Waals surface area contributed by atoms with Crippen LogP contribution in [0.1, 0.15) is 47.7 Å². The van der Waals surface area contributed by atoms with Crippen molar-refractivity contribution in [2.24, 2.45) is 0 Å². The number of nitro groups is 1. The van der Waals surface area contributed by atoms with Gasteiger partial charge >= 0.3 is 6.18 Å². The maximum Gasteiger partial charge on any atom is 0.436 e. The van der Waals surface area contributed by atoms with Crippen LogP contribution in [0.2, 0.25) is 0 Å². The molecule has 1 amide bonds. The molecule has 1 aromatic heterocycles. The normalized spacial score (nSPS) is 13.5. The molecule has 36 heavy (non-hydrogen) atoms. The van der Waals surface area contributed by atoms with E-state index in [0.717, 1.165) is 24.0 Å². The Balaban J connectivity index is 1.50. The topological polar surface area (TPSA) is 99.3 Å². The number of nitrogens with zero attached hydrogens (tertiary/aromatic N) is 3. The van der Waals surface area contributed by atoms with Crippen molar-refractivity contribution in [1.29, 1.82) is 0 Å². The minimum absolute atomic E-state index is 0.0345. The van der Waals surface area contributed by atoms with Crippen molar-refractivity contribution < 1.29 is 27.6 Å². The molecule has 3 aromatic rings. The number of alkyl halides is 3. The highest BCUT2D eigenvalue weighted by atomic mass is 79.9. The largest absolute Gasteiger partial charge is 0.457 e. The Kier molecular flexibility index (Phi) is 7.07. The fourth-order valence-corrected chi connectivity index (χ4v) is 4.76. The highest BCUT2D eigenvalue weighted by Gasteiger charge is 2.41. The van der Waals surface area contributed by atoms with Crippen LogP contribution < -0.4 is 10.1 Å². The van der Waals surface area contributed by atoms with Crippen LogP contribution in [0.3, 0.4) is 0 Å². The van der Waals surface area contributed by atoms with Crippen molar-refractivity contribution in [1.82, 2.24) is 9.78 Å². The Bertz CT molecular complexity index is 1320. The van der Waals surface area contributed by atoms with Crippen molar-refractivity contribution >= 4 is 33.2 Å². The van der Waals surface area contributed by atoms with Gasteiger partial charge in [0, 0.05) is 24.5 Å². The number of benzene rings is 2. The van der Waals surface area contributed by atoms with Crippen LogP contribution in [-0.2, 0) is 17.5 Å². The third kappa shape index (κ3) is 6.04. The molecule has 190 valence electrons. The third-order valence-corrected chi connectivity index (χ3v) is 6.31. The standard InChI is InChI=1S/C24H22BrF3N4O4/c1-13-7-14(2)9-18(8-13)36-19-11-16(10-17(12-19)32(34)35)29-20(33)5-6-31-22(15-3-4-15)21(25)23(30-31)24(26,27)28/h7-12,15H,3-6H2,1-2H3,(H,29,33). The van der Waals surface area contributed by atoms with E-state index in [1.54, 1.807) is 12.1 Å². The van der Waals surface area contributed by atoms with Gasteiger partial charge in [-0.2, -0.15) is 18.3 Å².